The first kappa shape index (κ1) is 12.5. The zero-order chi connectivity index (χ0) is 11.1. The van der Waals surface area contributed by atoms with Gasteiger partial charge in [0.2, 0.25) is 0 Å². The van der Waals surface area contributed by atoms with Crippen molar-refractivity contribution in [1.82, 2.24) is 5.32 Å². The summed E-state index contributed by atoms with van der Waals surface area (Å²) in [5, 5.41) is 3.46. The highest BCUT2D eigenvalue weighted by atomic mass is 15.0. The summed E-state index contributed by atoms with van der Waals surface area (Å²) in [6.45, 7) is 3.65. The average molecular weight is 208 g/mol. The van der Waals surface area contributed by atoms with Gasteiger partial charge in [0.05, 0.1) is 6.54 Å². The zero-order valence-electron chi connectivity index (χ0n) is 9.89. The molecule has 3 N–H and O–H groups in total. The quantitative estimate of drug-likeness (QED) is 0.547. The van der Waals surface area contributed by atoms with E-state index in [4.69, 9.17) is 12.2 Å². The average Bonchev–Trinajstić information content (AvgIpc) is 2.49. The molecule has 0 aromatic carbocycles. The van der Waals surface area contributed by atoms with Gasteiger partial charge in [-0.15, -0.1) is 6.42 Å². The van der Waals surface area contributed by atoms with Crippen molar-refractivity contribution in [3.05, 3.63) is 0 Å². The smallest absolute Gasteiger partial charge is 0.0578 e. The highest BCUT2D eigenvalue weighted by molar-refractivity contribution is 4.97. The van der Waals surface area contributed by atoms with Crippen LogP contribution in [0.3, 0.4) is 0 Å². The van der Waals surface area contributed by atoms with Crippen molar-refractivity contribution >= 4 is 0 Å². The van der Waals surface area contributed by atoms with Crippen LogP contribution < -0.4 is 11.1 Å². The molecule has 0 aromatic rings. The second kappa shape index (κ2) is 6.15. The summed E-state index contributed by atoms with van der Waals surface area (Å²) in [5.41, 5.74) is 6.03. The molecular formula is C13H24N2. The fourth-order valence-corrected chi connectivity index (χ4v) is 2.58. The molecular weight excluding hydrogens is 184 g/mol. The standard InChI is InChI=1S/C13H24N2/c1-3-10-15-13(11-14)8-5-6-12(4-2)7-9-13/h1,12,15H,4-11,14H2,2H3. The van der Waals surface area contributed by atoms with Crippen LogP contribution in [0.15, 0.2) is 0 Å². The molecule has 0 aliphatic heterocycles. The molecule has 2 nitrogen and oxygen atoms in total. The first-order chi connectivity index (χ1) is 7.26. The van der Waals surface area contributed by atoms with E-state index < -0.39 is 0 Å². The number of hydrogen-bond donors (Lipinski definition) is 2. The normalized spacial score (nSPS) is 31.9. The fraction of sp³-hybridized carbons (Fsp3) is 0.846. The van der Waals surface area contributed by atoms with Crippen LogP contribution in [0.2, 0.25) is 0 Å². The minimum atomic E-state index is 0.121. The molecule has 1 saturated carbocycles. The molecule has 86 valence electrons. The Bertz CT molecular complexity index is 219. The Balaban J connectivity index is 2.54. The predicted molar refractivity (Wildman–Crippen MR) is 65.5 cm³/mol. The van der Waals surface area contributed by atoms with Crippen LogP contribution in [0.25, 0.3) is 0 Å². The summed E-state index contributed by atoms with van der Waals surface area (Å²) in [6.07, 6.45) is 12.9. The highest BCUT2D eigenvalue weighted by Crippen LogP contribution is 2.31. The molecule has 1 fully saturated rings. The van der Waals surface area contributed by atoms with Crippen LogP contribution in [0, 0.1) is 18.3 Å². The van der Waals surface area contributed by atoms with Gasteiger partial charge >= 0.3 is 0 Å². The first-order valence-electron chi connectivity index (χ1n) is 6.15. The van der Waals surface area contributed by atoms with Gasteiger partial charge in [-0.1, -0.05) is 32.1 Å². The molecule has 1 aliphatic carbocycles. The number of hydrogen-bond acceptors (Lipinski definition) is 2. The van der Waals surface area contributed by atoms with Crippen molar-refractivity contribution in [2.24, 2.45) is 11.7 Å². The van der Waals surface area contributed by atoms with E-state index >= 15 is 0 Å². The lowest BCUT2D eigenvalue weighted by molar-refractivity contribution is 0.300. The largest absolute Gasteiger partial charge is 0.329 e. The summed E-state index contributed by atoms with van der Waals surface area (Å²) in [5.74, 6) is 3.55. The van der Waals surface area contributed by atoms with Gasteiger partial charge in [0.25, 0.3) is 0 Å². The second-order valence-electron chi connectivity index (χ2n) is 4.75. The molecule has 2 atom stereocenters. The van der Waals surface area contributed by atoms with E-state index in [0.29, 0.717) is 13.1 Å². The SMILES string of the molecule is C#CCNC1(CN)CCCC(CC)CC1. The summed E-state index contributed by atoms with van der Waals surface area (Å²) in [6, 6.07) is 0. The third-order valence-electron chi connectivity index (χ3n) is 3.83. The van der Waals surface area contributed by atoms with Gasteiger partial charge in [0.15, 0.2) is 0 Å². The monoisotopic (exact) mass is 208 g/mol. The van der Waals surface area contributed by atoms with Gasteiger partial charge in [-0.05, 0) is 25.2 Å². The third-order valence-corrected chi connectivity index (χ3v) is 3.83. The Kier molecular flexibility index (Phi) is 5.14. The Hall–Kier alpha value is -0.520. The van der Waals surface area contributed by atoms with E-state index in [1.54, 1.807) is 0 Å². The fourth-order valence-electron chi connectivity index (χ4n) is 2.58. The number of terminal acetylenes is 1. The van der Waals surface area contributed by atoms with E-state index in [9.17, 15) is 0 Å². The molecule has 0 amide bonds. The molecule has 0 spiro atoms. The van der Waals surface area contributed by atoms with Gasteiger partial charge in [-0.25, -0.2) is 0 Å². The minimum Gasteiger partial charge on any atom is -0.329 e. The molecule has 1 aliphatic rings. The van der Waals surface area contributed by atoms with Crippen LogP contribution in [0.5, 0.6) is 0 Å². The first-order valence-corrected chi connectivity index (χ1v) is 6.15. The lowest BCUT2D eigenvalue weighted by Gasteiger charge is -2.32. The van der Waals surface area contributed by atoms with Gasteiger partial charge in [-0.3, -0.25) is 5.32 Å². The maximum absolute atomic E-state index is 5.90. The van der Waals surface area contributed by atoms with E-state index in [0.717, 1.165) is 5.92 Å². The van der Waals surface area contributed by atoms with E-state index in [1.165, 1.54) is 38.5 Å². The topological polar surface area (TPSA) is 38.0 Å². The van der Waals surface area contributed by atoms with Crippen molar-refractivity contribution < 1.29 is 0 Å². The maximum Gasteiger partial charge on any atom is 0.0578 e. The number of nitrogens with one attached hydrogen (secondary N) is 1. The number of rotatable bonds is 4. The minimum absolute atomic E-state index is 0.121. The van der Waals surface area contributed by atoms with E-state index in [-0.39, 0.29) is 5.54 Å². The Morgan fingerprint density at radius 3 is 2.87 bits per heavy atom. The molecule has 0 heterocycles. The molecule has 0 aromatic heterocycles. The molecule has 15 heavy (non-hydrogen) atoms. The molecule has 2 unspecified atom stereocenters. The summed E-state index contributed by atoms with van der Waals surface area (Å²) < 4.78 is 0. The Labute approximate surface area is 94.0 Å². The lowest BCUT2D eigenvalue weighted by Crippen LogP contribution is -2.51. The summed E-state index contributed by atoms with van der Waals surface area (Å²) in [7, 11) is 0. The van der Waals surface area contributed by atoms with Crippen molar-refractivity contribution in [2.45, 2.75) is 51.0 Å². The van der Waals surface area contributed by atoms with Crippen molar-refractivity contribution in [3.8, 4) is 12.3 Å². The van der Waals surface area contributed by atoms with Crippen LogP contribution in [0.4, 0.5) is 0 Å². The van der Waals surface area contributed by atoms with Crippen molar-refractivity contribution in [1.29, 1.82) is 0 Å². The predicted octanol–water partition coefficient (Wildman–Crippen LogP) is 1.90. The molecule has 0 saturated heterocycles. The van der Waals surface area contributed by atoms with Gasteiger partial charge in [-0.2, -0.15) is 0 Å². The van der Waals surface area contributed by atoms with Crippen LogP contribution >= 0.6 is 0 Å². The number of nitrogens with two attached hydrogens (primary N) is 1. The van der Waals surface area contributed by atoms with Gasteiger partial charge < -0.3 is 5.73 Å². The van der Waals surface area contributed by atoms with Crippen LogP contribution in [0.1, 0.15) is 45.4 Å². The summed E-state index contributed by atoms with van der Waals surface area (Å²) in [4.78, 5) is 0. The molecule has 1 rings (SSSR count). The molecule has 0 radical (unpaired) electrons. The molecule has 0 bridgehead atoms. The van der Waals surface area contributed by atoms with E-state index in [2.05, 4.69) is 18.2 Å². The van der Waals surface area contributed by atoms with Crippen LogP contribution in [-0.4, -0.2) is 18.6 Å². The van der Waals surface area contributed by atoms with Crippen molar-refractivity contribution in [3.63, 3.8) is 0 Å². The van der Waals surface area contributed by atoms with Gasteiger partial charge in [0.1, 0.15) is 0 Å². The van der Waals surface area contributed by atoms with Crippen LogP contribution in [-0.2, 0) is 0 Å². The summed E-state index contributed by atoms with van der Waals surface area (Å²) >= 11 is 0. The van der Waals surface area contributed by atoms with Crippen molar-refractivity contribution in [2.75, 3.05) is 13.1 Å². The Morgan fingerprint density at radius 1 is 1.47 bits per heavy atom. The highest BCUT2D eigenvalue weighted by Gasteiger charge is 2.30. The third kappa shape index (κ3) is 3.52. The second-order valence-corrected chi connectivity index (χ2v) is 4.75. The lowest BCUT2D eigenvalue weighted by atomic mass is 9.89. The van der Waals surface area contributed by atoms with E-state index in [1.807, 2.05) is 0 Å². The molecule has 2 heteroatoms. The Morgan fingerprint density at radius 2 is 2.27 bits per heavy atom. The zero-order valence-corrected chi connectivity index (χ0v) is 9.89. The van der Waals surface area contributed by atoms with Gasteiger partial charge in [0, 0.05) is 12.1 Å². The maximum atomic E-state index is 5.90.